The topological polar surface area (TPSA) is 63.1 Å². The fourth-order valence-electron chi connectivity index (χ4n) is 5.33. The number of nitrogens with zero attached hydrogens (tertiary/aromatic N) is 2. The Hall–Kier alpha value is -5.09. The smallest absolute Gasteiger partial charge is 0.337 e. The largest absolute Gasteiger partial charge is 0.478 e. The number of carbonyl (C=O) groups is 1. The van der Waals surface area contributed by atoms with Crippen LogP contribution in [0.4, 0.5) is 0 Å². The van der Waals surface area contributed by atoms with Crippen LogP contribution in [0.5, 0.6) is 0 Å². The Kier molecular flexibility index (Phi) is 6.22. The van der Waals surface area contributed by atoms with E-state index >= 15 is 0 Å². The minimum atomic E-state index is -0.917. The van der Waals surface area contributed by atoms with Crippen LogP contribution in [0.1, 0.15) is 21.5 Å². The fourth-order valence-corrected chi connectivity index (χ4v) is 5.33. The van der Waals surface area contributed by atoms with E-state index in [1.807, 2.05) is 42.5 Å². The number of aromatic nitrogens is 2. The summed E-state index contributed by atoms with van der Waals surface area (Å²) in [6.07, 6.45) is 0. The lowest BCUT2D eigenvalue weighted by molar-refractivity contribution is 0.0701. The van der Waals surface area contributed by atoms with Crippen LogP contribution in [0.25, 0.3) is 54.7 Å². The molecule has 0 amide bonds. The van der Waals surface area contributed by atoms with Crippen molar-refractivity contribution in [1.29, 1.82) is 0 Å². The molecule has 5 aromatic carbocycles. The average molecular weight is 507 g/mol. The summed E-state index contributed by atoms with van der Waals surface area (Å²) in [6.45, 7) is 4.35. The van der Waals surface area contributed by atoms with Crippen molar-refractivity contribution in [2.75, 3.05) is 0 Å². The standard InChI is InChI=1S/C21H17N.C14H9NO2/c1-14-7-5-8-15(2)21(14)17-10-6-12-20-18(17)13-16-9-3-4-11-19(16)22-20;16-14(17)13-9-5-1-3-7-11(9)15-12-8-4-2-6-10(12)13/h3-13H,1-2H3;1-8H,(H,16,17). The molecule has 1 N–H and O–H groups in total. The molecule has 7 aromatic rings. The van der Waals surface area contributed by atoms with Crippen LogP contribution in [0.15, 0.2) is 115 Å². The van der Waals surface area contributed by atoms with Crippen molar-refractivity contribution in [2.24, 2.45) is 0 Å². The third-order valence-electron chi connectivity index (χ3n) is 7.11. The van der Waals surface area contributed by atoms with Gasteiger partial charge in [-0.2, -0.15) is 0 Å². The molecular formula is C35H26N2O2. The molecule has 7 rings (SSSR count). The van der Waals surface area contributed by atoms with E-state index in [1.54, 1.807) is 12.1 Å². The summed E-state index contributed by atoms with van der Waals surface area (Å²) < 4.78 is 0. The number of carboxylic acids is 1. The molecule has 4 heteroatoms. The molecule has 0 aliphatic rings. The second-order valence-corrected chi connectivity index (χ2v) is 9.65. The van der Waals surface area contributed by atoms with E-state index < -0.39 is 5.97 Å². The van der Waals surface area contributed by atoms with E-state index in [-0.39, 0.29) is 0 Å². The molecular weight excluding hydrogens is 480 g/mol. The molecule has 0 aliphatic heterocycles. The fraction of sp³-hybridized carbons (Fsp3) is 0.0571. The molecule has 2 aromatic heterocycles. The van der Waals surface area contributed by atoms with E-state index in [9.17, 15) is 9.90 Å². The molecule has 0 saturated heterocycles. The predicted octanol–water partition coefficient (Wildman–Crippen LogP) is 8.76. The van der Waals surface area contributed by atoms with Gasteiger partial charge in [-0.3, -0.25) is 0 Å². The van der Waals surface area contributed by atoms with Crippen LogP contribution in [0.3, 0.4) is 0 Å². The van der Waals surface area contributed by atoms with Crippen LogP contribution in [-0.2, 0) is 0 Å². The number of rotatable bonds is 2. The van der Waals surface area contributed by atoms with E-state index in [2.05, 4.69) is 79.5 Å². The maximum absolute atomic E-state index is 11.4. The molecule has 0 aliphatic carbocycles. The van der Waals surface area contributed by atoms with Gasteiger partial charge < -0.3 is 5.11 Å². The van der Waals surface area contributed by atoms with Crippen molar-refractivity contribution in [2.45, 2.75) is 13.8 Å². The minimum absolute atomic E-state index is 0.325. The van der Waals surface area contributed by atoms with Gasteiger partial charge in [-0.1, -0.05) is 84.9 Å². The summed E-state index contributed by atoms with van der Waals surface area (Å²) in [5, 5.41) is 13.1. The molecule has 0 saturated carbocycles. The third-order valence-corrected chi connectivity index (χ3v) is 7.11. The van der Waals surface area contributed by atoms with Gasteiger partial charge in [0, 0.05) is 21.5 Å². The maximum atomic E-state index is 11.4. The first kappa shape index (κ1) is 24.3. The molecule has 188 valence electrons. The number of aryl methyl sites for hydroxylation is 2. The Bertz CT molecular complexity index is 1950. The monoisotopic (exact) mass is 506 g/mol. The van der Waals surface area contributed by atoms with Gasteiger partial charge in [-0.25, -0.2) is 14.8 Å². The lowest BCUT2D eigenvalue weighted by Gasteiger charge is -2.13. The van der Waals surface area contributed by atoms with Gasteiger partial charge in [0.1, 0.15) is 0 Å². The second kappa shape index (κ2) is 9.99. The number of pyridine rings is 2. The summed E-state index contributed by atoms with van der Waals surface area (Å²) in [6, 6.07) is 38.0. The molecule has 0 spiro atoms. The van der Waals surface area contributed by atoms with Gasteiger partial charge in [0.05, 0.1) is 27.6 Å². The van der Waals surface area contributed by atoms with Gasteiger partial charge in [0.25, 0.3) is 0 Å². The van der Waals surface area contributed by atoms with Crippen LogP contribution >= 0.6 is 0 Å². The Labute approximate surface area is 226 Å². The van der Waals surface area contributed by atoms with Crippen LogP contribution in [-0.4, -0.2) is 21.0 Å². The first-order chi connectivity index (χ1) is 19.0. The van der Waals surface area contributed by atoms with Crippen LogP contribution in [0, 0.1) is 13.8 Å². The average Bonchev–Trinajstić information content (AvgIpc) is 2.95. The van der Waals surface area contributed by atoms with Gasteiger partial charge in [0.15, 0.2) is 0 Å². The van der Waals surface area contributed by atoms with Crippen molar-refractivity contribution < 1.29 is 9.90 Å². The van der Waals surface area contributed by atoms with Crippen molar-refractivity contribution in [1.82, 2.24) is 9.97 Å². The van der Waals surface area contributed by atoms with Crippen molar-refractivity contribution in [3.05, 3.63) is 132 Å². The highest BCUT2D eigenvalue weighted by atomic mass is 16.4. The number of hydrogen-bond donors (Lipinski definition) is 1. The molecule has 4 nitrogen and oxygen atoms in total. The summed E-state index contributed by atoms with van der Waals surface area (Å²) >= 11 is 0. The number of para-hydroxylation sites is 3. The Morgan fingerprint density at radius 3 is 1.69 bits per heavy atom. The maximum Gasteiger partial charge on any atom is 0.337 e. The summed E-state index contributed by atoms with van der Waals surface area (Å²) in [4.78, 5) is 20.7. The first-order valence-electron chi connectivity index (χ1n) is 12.9. The molecule has 0 unspecified atom stereocenters. The summed E-state index contributed by atoms with van der Waals surface area (Å²) in [5.74, 6) is -0.917. The molecule has 0 bridgehead atoms. The number of benzene rings is 5. The molecule has 0 atom stereocenters. The number of hydrogen-bond acceptors (Lipinski definition) is 3. The lowest BCUT2D eigenvalue weighted by atomic mass is 9.92. The SMILES string of the molecule is Cc1cccc(C)c1-c1cccc2nc3ccccc3cc12.O=C(O)c1c2ccccc2nc2ccccc12. The number of carboxylic acid groups (broad SMARTS) is 1. The van der Waals surface area contributed by atoms with Crippen LogP contribution < -0.4 is 0 Å². The summed E-state index contributed by atoms with van der Waals surface area (Å²) in [5.41, 5.74) is 9.06. The zero-order valence-corrected chi connectivity index (χ0v) is 21.7. The Morgan fingerprint density at radius 2 is 1.05 bits per heavy atom. The van der Waals surface area contributed by atoms with Gasteiger partial charge in [0.2, 0.25) is 0 Å². The zero-order valence-electron chi connectivity index (χ0n) is 21.7. The third kappa shape index (κ3) is 4.47. The van der Waals surface area contributed by atoms with Gasteiger partial charge in [-0.15, -0.1) is 0 Å². The molecule has 0 radical (unpaired) electrons. The van der Waals surface area contributed by atoms with Gasteiger partial charge in [-0.05, 0) is 66.4 Å². The van der Waals surface area contributed by atoms with E-state index in [1.165, 1.54) is 33.0 Å². The van der Waals surface area contributed by atoms with E-state index in [0.29, 0.717) is 27.4 Å². The quantitative estimate of drug-likeness (QED) is 0.238. The summed E-state index contributed by atoms with van der Waals surface area (Å²) in [7, 11) is 0. The van der Waals surface area contributed by atoms with Crippen molar-refractivity contribution >= 4 is 49.6 Å². The normalized spacial score (nSPS) is 11.0. The number of aromatic carboxylic acids is 1. The van der Waals surface area contributed by atoms with E-state index in [0.717, 1.165) is 11.0 Å². The Morgan fingerprint density at radius 1 is 0.564 bits per heavy atom. The van der Waals surface area contributed by atoms with E-state index in [4.69, 9.17) is 4.98 Å². The van der Waals surface area contributed by atoms with Crippen LogP contribution in [0.2, 0.25) is 0 Å². The highest BCUT2D eigenvalue weighted by molar-refractivity contribution is 6.13. The molecule has 39 heavy (non-hydrogen) atoms. The first-order valence-corrected chi connectivity index (χ1v) is 12.9. The molecule has 2 heterocycles. The van der Waals surface area contributed by atoms with Crippen molar-refractivity contribution in [3.63, 3.8) is 0 Å². The minimum Gasteiger partial charge on any atom is -0.478 e. The molecule has 0 fully saturated rings. The zero-order chi connectivity index (χ0) is 26.9. The van der Waals surface area contributed by atoms with Gasteiger partial charge >= 0.3 is 5.97 Å². The second-order valence-electron chi connectivity index (χ2n) is 9.65. The lowest BCUT2D eigenvalue weighted by Crippen LogP contribution is -2.00. The predicted molar refractivity (Wildman–Crippen MR) is 160 cm³/mol. The van der Waals surface area contributed by atoms with Crippen molar-refractivity contribution in [3.8, 4) is 11.1 Å². The Balaban J connectivity index is 0.000000147. The number of fused-ring (bicyclic) bond motifs is 4. The highest BCUT2D eigenvalue weighted by Gasteiger charge is 2.14. The highest BCUT2D eigenvalue weighted by Crippen LogP contribution is 2.34.